The van der Waals surface area contributed by atoms with Gasteiger partial charge in [0.2, 0.25) is 0 Å². The molecule has 1 saturated carbocycles. The molecule has 0 bridgehead atoms. The highest BCUT2D eigenvalue weighted by Crippen LogP contribution is 2.51. The molecule has 0 amide bonds. The van der Waals surface area contributed by atoms with Crippen molar-refractivity contribution in [3.05, 3.63) is 11.6 Å². The minimum Gasteiger partial charge on any atom is -0.396 e. The first kappa shape index (κ1) is 9.26. The van der Waals surface area contributed by atoms with Crippen LogP contribution in [0.5, 0.6) is 0 Å². The third-order valence-corrected chi connectivity index (χ3v) is 4.22. The van der Waals surface area contributed by atoms with Gasteiger partial charge in [-0.25, -0.2) is 0 Å². The summed E-state index contributed by atoms with van der Waals surface area (Å²) in [6, 6.07) is 0. The van der Waals surface area contributed by atoms with Gasteiger partial charge < -0.3 is 5.11 Å². The third kappa shape index (κ3) is 1.25. The fraction of sp³-hybridized carbons (Fsp3) is 0.833. The number of aliphatic hydroxyl groups excluding tert-OH is 1. The quantitative estimate of drug-likeness (QED) is 0.615. The van der Waals surface area contributed by atoms with Gasteiger partial charge in [0.1, 0.15) is 0 Å². The lowest BCUT2D eigenvalue weighted by Crippen LogP contribution is -2.18. The largest absolute Gasteiger partial charge is 0.396 e. The van der Waals surface area contributed by atoms with Crippen molar-refractivity contribution in [1.82, 2.24) is 0 Å². The first-order valence-electron chi connectivity index (χ1n) is 5.47. The Kier molecular flexibility index (Phi) is 2.23. The molecule has 5 atom stereocenters. The molecule has 0 spiro atoms. The molecular weight excluding hydrogens is 160 g/mol. The monoisotopic (exact) mass is 180 g/mol. The Hall–Kier alpha value is -0.300. The number of hydrogen-bond acceptors (Lipinski definition) is 1. The van der Waals surface area contributed by atoms with Crippen LogP contribution in [0.1, 0.15) is 27.2 Å². The average Bonchev–Trinajstić information content (AvgIpc) is 2.55. The van der Waals surface area contributed by atoms with E-state index in [9.17, 15) is 5.11 Å². The molecule has 1 N–H and O–H groups in total. The van der Waals surface area contributed by atoms with E-state index in [0.29, 0.717) is 24.4 Å². The second kappa shape index (κ2) is 3.13. The Morgan fingerprint density at radius 1 is 1.38 bits per heavy atom. The Labute approximate surface area is 80.8 Å². The molecule has 0 heterocycles. The molecular formula is C12H20O. The van der Waals surface area contributed by atoms with Crippen LogP contribution in [-0.4, -0.2) is 11.7 Å². The predicted octanol–water partition coefficient (Wildman–Crippen LogP) is 2.46. The van der Waals surface area contributed by atoms with Crippen molar-refractivity contribution < 1.29 is 5.11 Å². The molecule has 0 radical (unpaired) electrons. The summed E-state index contributed by atoms with van der Waals surface area (Å²) in [4.78, 5) is 0. The van der Waals surface area contributed by atoms with Gasteiger partial charge in [0.25, 0.3) is 0 Å². The van der Waals surface area contributed by atoms with E-state index in [1.165, 1.54) is 6.42 Å². The molecule has 0 aromatic heterocycles. The lowest BCUT2D eigenvalue weighted by molar-refractivity contribution is 0.162. The van der Waals surface area contributed by atoms with Crippen molar-refractivity contribution in [3.8, 4) is 0 Å². The van der Waals surface area contributed by atoms with Gasteiger partial charge in [-0.15, -0.1) is 0 Å². The smallest absolute Gasteiger partial charge is 0.0467 e. The van der Waals surface area contributed by atoms with Gasteiger partial charge in [0.15, 0.2) is 0 Å². The van der Waals surface area contributed by atoms with Crippen molar-refractivity contribution in [1.29, 1.82) is 0 Å². The van der Waals surface area contributed by atoms with E-state index in [0.717, 1.165) is 11.8 Å². The lowest BCUT2D eigenvalue weighted by Gasteiger charge is -2.19. The van der Waals surface area contributed by atoms with Crippen molar-refractivity contribution in [2.24, 2.45) is 29.6 Å². The number of fused-ring (bicyclic) bond motifs is 1. The molecule has 0 aromatic rings. The van der Waals surface area contributed by atoms with Crippen molar-refractivity contribution in [3.63, 3.8) is 0 Å². The van der Waals surface area contributed by atoms with Crippen molar-refractivity contribution in [2.45, 2.75) is 27.2 Å². The average molecular weight is 180 g/mol. The topological polar surface area (TPSA) is 20.2 Å². The molecule has 13 heavy (non-hydrogen) atoms. The van der Waals surface area contributed by atoms with Crippen molar-refractivity contribution >= 4 is 0 Å². The number of rotatable bonds is 1. The Balaban J connectivity index is 2.24. The maximum atomic E-state index is 9.30. The van der Waals surface area contributed by atoms with E-state index >= 15 is 0 Å². The molecule has 0 aliphatic heterocycles. The van der Waals surface area contributed by atoms with Crippen LogP contribution in [0.15, 0.2) is 11.6 Å². The van der Waals surface area contributed by atoms with Gasteiger partial charge in [-0.3, -0.25) is 0 Å². The summed E-state index contributed by atoms with van der Waals surface area (Å²) >= 11 is 0. The van der Waals surface area contributed by atoms with E-state index < -0.39 is 0 Å². The minimum atomic E-state index is 0.366. The highest BCUT2D eigenvalue weighted by atomic mass is 16.3. The van der Waals surface area contributed by atoms with Gasteiger partial charge in [0, 0.05) is 6.61 Å². The SMILES string of the molecule is CC1C=C2C(C)C(CO)C(C)[C@@H]2C1. The summed E-state index contributed by atoms with van der Waals surface area (Å²) in [5, 5.41) is 9.30. The molecule has 4 unspecified atom stereocenters. The zero-order valence-corrected chi connectivity index (χ0v) is 8.83. The van der Waals surface area contributed by atoms with Gasteiger partial charge in [0.05, 0.1) is 0 Å². The zero-order chi connectivity index (χ0) is 9.59. The van der Waals surface area contributed by atoms with Crippen LogP contribution in [0, 0.1) is 29.6 Å². The van der Waals surface area contributed by atoms with E-state index in [1.807, 2.05) is 0 Å². The highest BCUT2D eigenvalue weighted by molar-refractivity contribution is 5.24. The minimum absolute atomic E-state index is 0.366. The van der Waals surface area contributed by atoms with Crippen LogP contribution in [-0.2, 0) is 0 Å². The second-order valence-electron chi connectivity index (χ2n) is 4.98. The van der Waals surface area contributed by atoms with E-state index in [2.05, 4.69) is 26.8 Å². The molecule has 2 aliphatic carbocycles. The van der Waals surface area contributed by atoms with E-state index in [-0.39, 0.29) is 0 Å². The summed E-state index contributed by atoms with van der Waals surface area (Å²) in [6.45, 7) is 7.26. The van der Waals surface area contributed by atoms with Crippen LogP contribution >= 0.6 is 0 Å². The molecule has 1 heteroatoms. The summed E-state index contributed by atoms with van der Waals surface area (Å²) < 4.78 is 0. The summed E-state index contributed by atoms with van der Waals surface area (Å²) in [7, 11) is 0. The third-order valence-electron chi connectivity index (χ3n) is 4.22. The molecule has 74 valence electrons. The Morgan fingerprint density at radius 3 is 2.62 bits per heavy atom. The number of hydrogen-bond donors (Lipinski definition) is 1. The second-order valence-corrected chi connectivity index (χ2v) is 4.98. The Morgan fingerprint density at radius 2 is 2.08 bits per heavy atom. The van der Waals surface area contributed by atoms with Crippen LogP contribution < -0.4 is 0 Å². The molecule has 0 aromatic carbocycles. The molecule has 2 rings (SSSR count). The normalized spacial score (nSPS) is 49.2. The van der Waals surface area contributed by atoms with Crippen LogP contribution in [0.3, 0.4) is 0 Å². The standard InChI is InChI=1S/C12H20O/c1-7-4-10-8(2)12(6-13)9(3)11(10)5-7/h4,7-9,11-13H,5-6H2,1-3H3/t7?,8?,9?,11-,12?/m0/s1. The van der Waals surface area contributed by atoms with Crippen LogP contribution in [0.25, 0.3) is 0 Å². The van der Waals surface area contributed by atoms with E-state index in [1.54, 1.807) is 5.57 Å². The highest BCUT2D eigenvalue weighted by Gasteiger charge is 2.44. The Bertz CT molecular complexity index is 231. The van der Waals surface area contributed by atoms with Gasteiger partial charge >= 0.3 is 0 Å². The molecule has 1 fully saturated rings. The number of aliphatic hydroxyl groups is 1. The summed E-state index contributed by atoms with van der Waals surface area (Å²) in [6.07, 6.45) is 3.76. The van der Waals surface area contributed by atoms with Crippen molar-refractivity contribution in [2.75, 3.05) is 6.61 Å². The fourth-order valence-electron chi connectivity index (χ4n) is 3.39. The molecule has 2 aliphatic rings. The maximum Gasteiger partial charge on any atom is 0.0467 e. The molecule has 0 saturated heterocycles. The van der Waals surface area contributed by atoms with Crippen LogP contribution in [0.2, 0.25) is 0 Å². The van der Waals surface area contributed by atoms with Crippen LogP contribution in [0.4, 0.5) is 0 Å². The predicted molar refractivity (Wildman–Crippen MR) is 54.3 cm³/mol. The fourth-order valence-corrected chi connectivity index (χ4v) is 3.39. The first-order chi connectivity index (χ1) is 6.15. The van der Waals surface area contributed by atoms with Gasteiger partial charge in [-0.2, -0.15) is 0 Å². The van der Waals surface area contributed by atoms with Gasteiger partial charge in [-0.05, 0) is 36.0 Å². The summed E-state index contributed by atoms with van der Waals surface area (Å²) in [5.74, 6) is 3.38. The lowest BCUT2D eigenvalue weighted by atomic mass is 9.87. The number of allylic oxidation sites excluding steroid dienone is 2. The van der Waals surface area contributed by atoms with Gasteiger partial charge in [-0.1, -0.05) is 32.4 Å². The molecule has 1 nitrogen and oxygen atoms in total. The zero-order valence-electron chi connectivity index (χ0n) is 8.83. The maximum absolute atomic E-state index is 9.30. The first-order valence-corrected chi connectivity index (χ1v) is 5.47. The van der Waals surface area contributed by atoms with E-state index in [4.69, 9.17) is 0 Å². The summed E-state index contributed by atoms with van der Waals surface area (Å²) in [5.41, 5.74) is 1.64.